The number of nitrogens with zero attached hydrogens (tertiary/aromatic N) is 1. The van der Waals surface area contributed by atoms with E-state index in [2.05, 4.69) is 22.5 Å². The summed E-state index contributed by atoms with van der Waals surface area (Å²) in [5, 5.41) is 16.2. The van der Waals surface area contributed by atoms with Crippen LogP contribution < -0.4 is 15.4 Å². The zero-order chi connectivity index (χ0) is 21.5. The number of amides is 3. The van der Waals surface area contributed by atoms with Crippen LogP contribution in [0, 0.1) is 23.5 Å². The van der Waals surface area contributed by atoms with E-state index in [0.29, 0.717) is 16.5 Å². The minimum absolute atomic E-state index is 0.170. The van der Waals surface area contributed by atoms with Gasteiger partial charge in [-0.05, 0) is 36.4 Å². The van der Waals surface area contributed by atoms with Crippen molar-refractivity contribution in [2.45, 2.75) is 12.1 Å². The van der Waals surface area contributed by atoms with Crippen molar-refractivity contribution in [3.05, 3.63) is 59.8 Å². The first kappa shape index (κ1) is 19.3. The molecule has 3 amide bonds. The maximum Gasteiger partial charge on any atom is 0.323 e. The molecular weight excluding hydrogens is 396 g/mol. The number of aromatic hydroxyl groups is 1. The number of rotatable bonds is 3. The fourth-order valence-electron chi connectivity index (χ4n) is 3.23. The van der Waals surface area contributed by atoms with Gasteiger partial charge in [0.25, 0.3) is 5.91 Å². The third-order valence-corrected chi connectivity index (χ3v) is 4.76. The van der Waals surface area contributed by atoms with Crippen LogP contribution in [-0.4, -0.2) is 34.3 Å². The zero-order valence-electron chi connectivity index (χ0n) is 15.6. The monoisotopic (exact) mass is 411 g/mol. The first-order valence-corrected chi connectivity index (χ1v) is 8.79. The Hall–Kier alpha value is -4.06. The van der Waals surface area contributed by atoms with Crippen molar-refractivity contribution in [1.82, 2.24) is 15.2 Å². The third kappa shape index (κ3) is 3.28. The van der Waals surface area contributed by atoms with E-state index in [1.165, 1.54) is 11.7 Å². The molecule has 4 rings (SSSR count). The molecule has 30 heavy (non-hydrogen) atoms. The Morgan fingerprint density at radius 3 is 2.70 bits per heavy atom. The van der Waals surface area contributed by atoms with Crippen molar-refractivity contribution in [3.63, 3.8) is 0 Å². The molecule has 3 N–H and O–H groups in total. The standard InChI is InChI=1S/C21H15F2N3O4/c1-30-15-4-2-13-10-26(18(27)16(13)9-15)11-21(19(28)24-20(29)25-21)7-6-12-8-14(22)3-5-17(12)23/h2-5,8-10,27H,11H2,1H3,(H2,24,25,28,29)/t21-/m1/s1. The van der Waals surface area contributed by atoms with Gasteiger partial charge in [0.1, 0.15) is 17.4 Å². The number of methoxy groups -OCH3 is 1. The molecule has 0 bridgehead atoms. The van der Waals surface area contributed by atoms with Gasteiger partial charge in [0.2, 0.25) is 5.54 Å². The minimum atomic E-state index is -1.80. The molecule has 3 aromatic rings. The highest BCUT2D eigenvalue weighted by Crippen LogP contribution is 2.32. The Morgan fingerprint density at radius 1 is 1.20 bits per heavy atom. The lowest BCUT2D eigenvalue weighted by Crippen LogP contribution is -2.49. The van der Waals surface area contributed by atoms with E-state index in [1.54, 1.807) is 24.4 Å². The van der Waals surface area contributed by atoms with Crippen LogP contribution in [0.5, 0.6) is 11.6 Å². The van der Waals surface area contributed by atoms with Crippen LogP contribution in [0.25, 0.3) is 10.8 Å². The van der Waals surface area contributed by atoms with Crippen LogP contribution >= 0.6 is 0 Å². The molecule has 1 aliphatic rings. The number of carbonyl (C=O) groups excluding carboxylic acids is 2. The number of imide groups is 1. The Bertz CT molecular complexity index is 1260. The second-order valence-corrected chi connectivity index (χ2v) is 6.72. The van der Waals surface area contributed by atoms with Crippen molar-refractivity contribution < 1.29 is 28.2 Å². The zero-order valence-corrected chi connectivity index (χ0v) is 15.6. The Kier molecular flexibility index (Phi) is 4.54. The van der Waals surface area contributed by atoms with Crippen molar-refractivity contribution in [2.75, 3.05) is 7.11 Å². The average Bonchev–Trinajstić information content (AvgIpc) is 3.18. The lowest BCUT2D eigenvalue weighted by atomic mass is 9.99. The molecule has 2 aromatic carbocycles. The van der Waals surface area contributed by atoms with E-state index >= 15 is 0 Å². The maximum atomic E-state index is 13.9. The molecule has 152 valence electrons. The van der Waals surface area contributed by atoms with Crippen LogP contribution in [0.1, 0.15) is 5.56 Å². The van der Waals surface area contributed by atoms with E-state index in [4.69, 9.17) is 4.74 Å². The lowest BCUT2D eigenvalue weighted by molar-refractivity contribution is -0.122. The van der Waals surface area contributed by atoms with E-state index in [1.807, 2.05) is 0 Å². The summed E-state index contributed by atoms with van der Waals surface area (Å²) < 4.78 is 33.8. The molecule has 1 aromatic heterocycles. The van der Waals surface area contributed by atoms with Crippen molar-refractivity contribution in [3.8, 4) is 23.5 Å². The summed E-state index contributed by atoms with van der Waals surface area (Å²) in [7, 11) is 1.49. The number of halogens is 2. The molecule has 1 atom stereocenters. The second-order valence-electron chi connectivity index (χ2n) is 6.72. The Labute approximate surface area is 169 Å². The number of fused-ring (bicyclic) bond motifs is 1. The number of urea groups is 1. The summed E-state index contributed by atoms with van der Waals surface area (Å²) in [6.07, 6.45) is 1.58. The maximum absolute atomic E-state index is 13.9. The highest BCUT2D eigenvalue weighted by atomic mass is 19.1. The molecule has 1 saturated heterocycles. The van der Waals surface area contributed by atoms with Crippen LogP contribution in [0.15, 0.2) is 42.6 Å². The van der Waals surface area contributed by atoms with Crippen molar-refractivity contribution in [2.24, 2.45) is 0 Å². The first-order chi connectivity index (χ1) is 14.3. The van der Waals surface area contributed by atoms with E-state index in [0.717, 1.165) is 18.2 Å². The van der Waals surface area contributed by atoms with Gasteiger partial charge in [-0.25, -0.2) is 13.6 Å². The number of benzene rings is 2. The summed E-state index contributed by atoms with van der Waals surface area (Å²) in [6.45, 7) is -0.267. The molecule has 1 fully saturated rings. The molecule has 1 aliphatic heterocycles. The number of hydrogen-bond donors (Lipinski definition) is 3. The van der Waals surface area contributed by atoms with Gasteiger partial charge in [-0.1, -0.05) is 11.8 Å². The fraction of sp³-hybridized carbons (Fsp3) is 0.143. The molecule has 2 heterocycles. The average molecular weight is 411 g/mol. The molecule has 0 spiro atoms. The van der Waals surface area contributed by atoms with Crippen LogP contribution in [0.3, 0.4) is 0 Å². The number of hydrogen-bond acceptors (Lipinski definition) is 4. The molecule has 0 unspecified atom stereocenters. The SMILES string of the molecule is COc1ccc2cn(C[C@@]3(C#Cc4cc(F)ccc4F)NC(=O)NC3=O)c(O)c2c1. The number of aromatic nitrogens is 1. The Balaban J connectivity index is 1.78. The van der Waals surface area contributed by atoms with E-state index in [9.17, 15) is 23.5 Å². The lowest BCUT2D eigenvalue weighted by Gasteiger charge is -2.20. The summed E-state index contributed by atoms with van der Waals surface area (Å²) in [6, 6.07) is 7.01. The van der Waals surface area contributed by atoms with Gasteiger partial charge >= 0.3 is 6.03 Å². The normalized spacial score (nSPS) is 18.0. The van der Waals surface area contributed by atoms with Gasteiger partial charge in [0.05, 0.1) is 19.2 Å². The van der Waals surface area contributed by atoms with Gasteiger partial charge in [0, 0.05) is 17.0 Å². The van der Waals surface area contributed by atoms with Crippen molar-refractivity contribution >= 4 is 22.7 Å². The molecule has 0 saturated carbocycles. The first-order valence-electron chi connectivity index (χ1n) is 8.79. The van der Waals surface area contributed by atoms with Gasteiger partial charge in [-0.2, -0.15) is 0 Å². The molecule has 7 nitrogen and oxygen atoms in total. The number of nitrogens with one attached hydrogen (secondary N) is 2. The quantitative estimate of drug-likeness (QED) is 0.455. The molecule has 0 aliphatic carbocycles. The molecule has 9 heteroatoms. The predicted octanol–water partition coefficient (Wildman–Crippen LogP) is 2.26. The van der Waals surface area contributed by atoms with E-state index < -0.39 is 29.1 Å². The Morgan fingerprint density at radius 2 is 2.00 bits per heavy atom. The minimum Gasteiger partial charge on any atom is -0.497 e. The van der Waals surface area contributed by atoms with Crippen molar-refractivity contribution in [1.29, 1.82) is 0 Å². The van der Waals surface area contributed by atoms with Crippen LogP contribution in [0.4, 0.5) is 13.6 Å². The van der Waals surface area contributed by atoms with Gasteiger partial charge in [-0.15, -0.1) is 0 Å². The van der Waals surface area contributed by atoms with E-state index in [-0.39, 0.29) is 18.0 Å². The summed E-state index contributed by atoms with van der Waals surface area (Å²) in [5.74, 6) is 3.08. The number of ether oxygens (including phenoxy) is 1. The number of carbonyl (C=O) groups is 2. The summed E-state index contributed by atoms with van der Waals surface area (Å²) in [5.41, 5.74) is -2.07. The summed E-state index contributed by atoms with van der Waals surface area (Å²) in [4.78, 5) is 24.3. The predicted molar refractivity (Wildman–Crippen MR) is 103 cm³/mol. The highest BCUT2D eigenvalue weighted by Gasteiger charge is 2.46. The van der Waals surface area contributed by atoms with Crippen LogP contribution in [0.2, 0.25) is 0 Å². The largest absolute Gasteiger partial charge is 0.497 e. The topological polar surface area (TPSA) is 92.6 Å². The van der Waals surface area contributed by atoms with Gasteiger partial charge in [-0.3, -0.25) is 10.1 Å². The third-order valence-electron chi connectivity index (χ3n) is 4.76. The van der Waals surface area contributed by atoms with Crippen LogP contribution in [-0.2, 0) is 11.3 Å². The van der Waals surface area contributed by atoms with Gasteiger partial charge in [0.15, 0.2) is 5.88 Å². The molecular formula is C21H15F2N3O4. The summed E-state index contributed by atoms with van der Waals surface area (Å²) >= 11 is 0. The highest BCUT2D eigenvalue weighted by molar-refractivity contribution is 6.09. The second kappa shape index (κ2) is 7.08. The molecule has 0 radical (unpaired) electrons. The van der Waals surface area contributed by atoms with Gasteiger partial charge < -0.3 is 19.7 Å². The smallest absolute Gasteiger partial charge is 0.323 e. The fourth-order valence-corrected chi connectivity index (χ4v) is 3.23.